The molecule has 0 N–H and O–H groups in total. The zero-order valence-corrected chi connectivity index (χ0v) is 32.3. The number of rotatable bonds is 4. The van der Waals surface area contributed by atoms with E-state index in [-0.39, 0.29) is 0 Å². The Morgan fingerprint density at radius 3 is 1.53 bits per heavy atom. The van der Waals surface area contributed by atoms with Crippen molar-refractivity contribution in [1.82, 2.24) is 4.57 Å². The molecule has 0 saturated carbocycles. The van der Waals surface area contributed by atoms with Gasteiger partial charge in [0.2, 0.25) is 0 Å². The summed E-state index contributed by atoms with van der Waals surface area (Å²) in [4.78, 5) is 0. The lowest BCUT2D eigenvalue weighted by molar-refractivity contribution is 0.637. The summed E-state index contributed by atoms with van der Waals surface area (Å²) in [6, 6.07) is 84.2. The lowest BCUT2D eigenvalue weighted by atomic mass is 9.52. The van der Waals surface area contributed by atoms with Crippen molar-refractivity contribution in [3.63, 3.8) is 0 Å². The first-order valence-corrected chi connectivity index (χ1v) is 20.7. The Labute approximate surface area is 344 Å². The second-order valence-corrected chi connectivity index (χ2v) is 16.3. The molecule has 1 nitrogen and oxygen atoms in total. The van der Waals surface area contributed by atoms with Gasteiger partial charge in [0.25, 0.3) is 0 Å². The molecule has 59 heavy (non-hydrogen) atoms. The van der Waals surface area contributed by atoms with Gasteiger partial charge in [0.05, 0.1) is 22.0 Å². The van der Waals surface area contributed by atoms with E-state index in [9.17, 15) is 0 Å². The van der Waals surface area contributed by atoms with Gasteiger partial charge in [0.15, 0.2) is 0 Å². The summed E-state index contributed by atoms with van der Waals surface area (Å²) in [6.07, 6.45) is 0. The Bertz CT molecular complexity index is 3320. The van der Waals surface area contributed by atoms with E-state index >= 15 is 0 Å². The van der Waals surface area contributed by atoms with E-state index in [4.69, 9.17) is 0 Å². The van der Waals surface area contributed by atoms with Gasteiger partial charge in [-0.25, -0.2) is 0 Å². The molecule has 2 atom stereocenters. The quantitative estimate of drug-likeness (QED) is 0.169. The van der Waals surface area contributed by atoms with Gasteiger partial charge < -0.3 is 4.57 Å². The predicted molar refractivity (Wildman–Crippen MR) is 242 cm³/mol. The third-order valence-corrected chi connectivity index (χ3v) is 13.7. The van der Waals surface area contributed by atoms with E-state index in [0.717, 1.165) is 5.69 Å². The lowest BCUT2D eigenvalue weighted by Gasteiger charge is -2.48. The molecule has 0 fully saturated rings. The van der Waals surface area contributed by atoms with E-state index in [0.29, 0.717) is 0 Å². The summed E-state index contributed by atoms with van der Waals surface area (Å²) in [5, 5.41) is 1.23. The van der Waals surface area contributed by atoms with Crippen LogP contribution in [0.4, 0.5) is 0 Å². The second-order valence-electron chi connectivity index (χ2n) is 16.3. The Balaban J connectivity index is 1.09. The van der Waals surface area contributed by atoms with Crippen molar-refractivity contribution in [3.8, 4) is 50.3 Å². The standard InChI is InChI=1S/C58H37N/c1-3-18-41(19-4-1)57-48-27-10-8-23-45(48)47-26-16-31-52(56(47)57)58(51-30-13-12-29-50(51)57)49-28-11-9-22-44(49)46-25-15-24-43(55(46)58)38-33-35-39(36-34-38)54-37-40-17-7-14-32-53(40)59(54)42-20-5-2-6-21-42/h1-37H. The van der Waals surface area contributed by atoms with Crippen LogP contribution in [0, 0.1) is 0 Å². The van der Waals surface area contributed by atoms with E-state index in [1.165, 1.54) is 100 Å². The highest BCUT2D eigenvalue weighted by Gasteiger charge is 2.60. The van der Waals surface area contributed by atoms with E-state index in [1.807, 2.05) is 0 Å². The zero-order valence-electron chi connectivity index (χ0n) is 32.3. The van der Waals surface area contributed by atoms with Crippen molar-refractivity contribution in [2.75, 3.05) is 0 Å². The van der Waals surface area contributed by atoms with Crippen molar-refractivity contribution >= 4 is 10.9 Å². The summed E-state index contributed by atoms with van der Waals surface area (Å²) in [5.74, 6) is 0. The van der Waals surface area contributed by atoms with Crippen LogP contribution in [0.1, 0.15) is 44.5 Å². The number of nitrogens with zero attached hydrogens (tertiary/aromatic N) is 1. The van der Waals surface area contributed by atoms with Crippen LogP contribution in [0.5, 0.6) is 0 Å². The Kier molecular flexibility index (Phi) is 6.64. The van der Waals surface area contributed by atoms with Crippen LogP contribution in [0.25, 0.3) is 61.2 Å². The molecule has 3 aliphatic rings. The first-order chi connectivity index (χ1) is 29.3. The lowest BCUT2D eigenvalue weighted by Crippen LogP contribution is -2.43. The number of para-hydroxylation sites is 2. The number of aromatic nitrogens is 1. The van der Waals surface area contributed by atoms with Gasteiger partial charge in [-0.1, -0.05) is 200 Å². The fraction of sp³-hybridized carbons (Fsp3) is 0.0345. The minimum atomic E-state index is -0.552. The van der Waals surface area contributed by atoms with Gasteiger partial charge >= 0.3 is 0 Å². The smallest absolute Gasteiger partial charge is 0.0726 e. The Morgan fingerprint density at radius 2 is 0.797 bits per heavy atom. The maximum atomic E-state index is 2.45. The maximum absolute atomic E-state index is 2.45. The molecule has 0 radical (unpaired) electrons. The third-order valence-electron chi connectivity index (χ3n) is 13.7. The largest absolute Gasteiger partial charge is 0.309 e. The van der Waals surface area contributed by atoms with Crippen LogP contribution >= 0.6 is 0 Å². The normalized spacial score (nSPS) is 17.6. The monoisotopic (exact) mass is 747 g/mol. The van der Waals surface area contributed by atoms with Gasteiger partial charge in [0, 0.05) is 11.1 Å². The van der Waals surface area contributed by atoms with Crippen LogP contribution in [-0.2, 0) is 10.8 Å². The molecule has 0 bridgehead atoms. The molecule has 13 rings (SSSR count). The predicted octanol–water partition coefficient (Wildman–Crippen LogP) is 14.0. The van der Waals surface area contributed by atoms with E-state index < -0.39 is 10.8 Å². The van der Waals surface area contributed by atoms with Gasteiger partial charge in [0.1, 0.15) is 0 Å². The fourth-order valence-corrected chi connectivity index (χ4v) is 11.6. The highest BCUT2D eigenvalue weighted by molar-refractivity contribution is 5.99. The molecule has 1 heterocycles. The number of hydrogen-bond acceptors (Lipinski definition) is 0. The number of hydrogen-bond donors (Lipinski definition) is 0. The molecule has 274 valence electrons. The molecule has 1 aromatic heterocycles. The molecule has 0 amide bonds. The van der Waals surface area contributed by atoms with E-state index in [1.54, 1.807) is 0 Å². The molecule has 1 spiro atoms. The highest BCUT2D eigenvalue weighted by atomic mass is 15.0. The zero-order chi connectivity index (χ0) is 38.7. The minimum Gasteiger partial charge on any atom is -0.309 e. The molecule has 9 aromatic carbocycles. The summed E-state index contributed by atoms with van der Waals surface area (Å²) in [6.45, 7) is 0. The SMILES string of the molecule is c1ccc(-n2c(-c3ccc(-c4cccc5c4C4(c6ccccc6-5)c5ccccc5C5(c6ccccc6)c6ccccc6-c6cccc4c65)cc3)cc3ccccc32)cc1. The highest BCUT2D eigenvalue weighted by Crippen LogP contribution is 2.69. The number of fused-ring (bicyclic) bond motifs is 13. The summed E-state index contributed by atoms with van der Waals surface area (Å²) in [5.41, 5.74) is 22.4. The maximum Gasteiger partial charge on any atom is 0.0726 e. The molecule has 0 saturated heterocycles. The van der Waals surface area contributed by atoms with Gasteiger partial charge in [-0.05, 0) is 108 Å². The minimum absolute atomic E-state index is 0.461. The first kappa shape index (κ1) is 32.6. The number of benzene rings is 9. The van der Waals surface area contributed by atoms with Crippen molar-refractivity contribution in [3.05, 3.63) is 269 Å². The molecule has 10 aromatic rings. The summed E-state index contributed by atoms with van der Waals surface area (Å²) in [7, 11) is 0. The third kappa shape index (κ3) is 4.09. The van der Waals surface area contributed by atoms with Crippen LogP contribution in [0.2, 0.25) is 0 Å². The Hall–Kier alpha value is -7.48. The average Bonchev–Trinajstić information content (AvgIpc) is 3.95. The van der Waals surface area contributed by atoms with Gasteiger partial charge in [-0.3, -0.25) is 0 Å². The van der Waals surface area contributed by atoms with Crippen molar-refractivity contribution in [2.24, 2.45) is 0 Å². The topological polar surface area (TPSA) is 4.93 Å². The fourth-order valence-electron chi connectivity index (χ4n) is 11.6. The molecule has 3 aliphatic carbocycles. The van der Waals surface area contributed by atoms with Crippen molar-refractivity contribution < 1.29 is 0 Å². The van der Waals surface area contributed by atoms with Crippen molar-refractivity contribution in [2.45, 2.75) is 10.8 Å². The molecule has 0 aliphatic heterocycles. The van der Waals surface area contributed by atoms with Crippen LogP contribution in [0.15, 0.2) is 224 Å². The van der Waals surface area contributed by atoms with Gasteiger partial charge in [-0.15, -0.1) is 0 Å². The molecular weight excluding hydrogens is 711 g/mol. The summed E-state index contributed by atoms with van der Waals surface area (Å²) < 4.78 is 2.39. The van der Waals surface area contributed by atoms with Crippen LogP contribution in [-0.4, -0.2) is 4.57 Å². The second kappa shape index (κ2) is 12.0. The Morgan fingerprint density at radius 1 is 0.305 bits per heavy atom. The average molecular weight is 748 g/mol. The molecule has 2 unspecified atom stereocenters. The van der Waals surface area contributed by atoms with Gasteiger partial charge in [-0.2, -0.15) is 0 Å². The summed E-state index contributed by atoms with van der Waals surface area (Å²) >= 11 is 0. The van der Waals surface area contributed by atoms with Crippen LogP contribution < -0.4 is 0 Å². The van der Waals surface area contributed by atoms with E-state index in [2.05, 4.69) is 229 Å². The first-order valence-electron chi connectivity index (χ1n) is 20.7. The molecule has 1 heteroatoms. The van der Waals surface area contributed by atoms with Crippen molar-refractivity contribution in [1.29, 1.82) is 0 Å². The molecular formula is C58H37N. The van der Waals surface area contributed by atoms with Crippen LogP contribution in [0.3, 0.4) is 0 Å².